The van der Waals surface area contributed by atoms with Gasteiger partial charge in [-0.15, -0.1) is 5.10 Å². The minimum atomic E-state index is -0.485. The molecule has 2 atom stereocenters. The van der Waals surface area contributed by atoms with Crippen LogP contribution in [-0.2, 0) is 9.53 Å². The first kappa shape index (κ1) is 16.4. The number of carbonyl (C=O) groups is 2. The van der Waals surface area contributed by atoms with Gasteiger partial charge in [-0.25, -0.2) is 9.48 Å². The predicted molar refractivity (Wildman–Crippen MR) is 87.5 cm³/mol. The maximum Gasteiger partial charge on any atom is 0.358 e. The van der Waals surface area contributed by atoms with E-state index in [2.05, 4.69) is 10.3 Å². The molecule has 0 spiro atoms. The number of nitrogens with zero attached hydrogens (tertiary/aromatic N) is 3. The van der Waals surface area contributed by atoms with Crippen LogP contribution in [0.25, 0.3) is 0 Å². The van der Waals surface area contributed by atoms with Gasteiger partial charge in [0.05, 0.1) is 18.2 Å². The molecule has 1 aliphatic rings. The van der Waals surface area contributed by atoms with E-state index >= 15 is 0 Å². The van der Waals surface area contributed by atoms with Gasteiger partial charge in [-0.05, 0) is 25.3 Å². The van der Waals surface area contributed by atoms with E-state index in [0.29, 0.717) is 12.1 Å². The number of carbonyl (C=O) groups excluding carboxylic acids is 2. The van der Waals surface area contributed by atoms with Crippen molar-refractivity contribution in [1.29, 1.82) is 0 Å². The van der Waals surface area contributed by atoms with Crippen LogP contribution in [0.3, 0.4) is 0 Å². The van der Waals surface area contributed by atoms with E-state index in [1.165, 1.54) is 6.20 Å². The number of hydrogen-bond acceptors (Lipinski definition) is 5. The topological polar surface area (TPSA) is 74.1 Å². The molecule has 0 saturated heterocycles. The summed E-state index contributed by atoms with van der Waals surface area (Å²) in [7, 11) is 0. The zero-order valence-corrected chi connectivity index (χ0v) is 13.7. The summed E-state index contributed by atoms with van der Waals surface area (Å²) >= 11 is 0. The van der Waals surface area contributed by atoms with Gasteiger partial charge >= 0.3 is 5.97 Å². The Morgan fingerprint density at radius 1 is 1.33 bits per heavy atom. The molecule has 126 valence electrons. The Morgan fingerprint density at radius 2 is 2.12 bits per heavy atom. The largest absolute Gasteiger partial charge is 0.460 e. The van der Waals surface area contributed by atoms with Gasteiger partial charge in [-0.2, -0.15) is 0 Å². The third kappa shape index (κ3) is 3.53. The normalized spacial score (nSPS) is 19.0. The molecule has 1 unspecified atom stereocenters. The Balaban J connectivity index is 1.68. The fourth-order valence-corrected chi connectivity index (χ4v) is 3.03. The van der Waals surface area contributed by atoms with Crippen LogP contribution in [0, 0.1) is 5.92 Å². The number of ether oxygens (including phenoxy) is 1. The van der Waals surface area contributed by atoms with Gasteiger partial charge in [0.2, 0.25) is 0 Å². The summed E-state index contributed by atoms with van der Waals surface area (Å²) in [5.74, 6) is -0.460. The van der Waals surface area contributed by atoms with Crippen LogP contribution in [0.5, 0.6) is 0 Å². The van der Waals surface area contributed by atoms with Crippen molar-refractivity contribution in [3.05, 3.63) is 47.8 Å². The Labute approximate surface area is 140 Å². The summed E-state index contributed by atoms with van der Waals surface area (Å²) in [5, 5.41) is 7.87. The molecular weight excluding hydrogens is 306 g/mol. The summed E-state index contributed by atoms with van der Waals surface area (Å²) in [4.78, 5) is 24.2. The molecule has 1 aromatic carbocycles. The first-order valence-electron chi connectivity index (χ1n) is 8.32. The van der Waals surface area contributed by atoms with Gasteiger partial charge in [-0.1, -0.05) is 42.0 Å². The highest BCUT2D eigenvalue weighted by Crippen LogP contribution is 2.22. The first-order chi connectivity index (χ1) is 11.7. The Hall–Kier alpha value is -2.50. The van der Waals surface area contributed by atoms with Crippen molar-refractivity contribution in [3.8, 4) is 0 Å². The van der Waals surface area contributed by atoms with Crippen LogP contribution in [0.4, 0.5) is 0 Å². The second-order valence-electron chi connectivity index (χ2n) is 6.16. The van der Waals surface area contributed by atoms with Crippen molar-refractivity contribution in [2.75, 3.05) is 6.61 Å². The van der Waals surface area contributed by atoms with Crippen LogP contribution in [-0.4, -0.2) is 33.4 Å². The number of benzene rings is 1. The predicted octanol–water partition coefficient (Wildman–Crippen LogP) is 2.80. The molecule has 0 bridgehead atoms. The lowest BCUT2D eigenvalue weighted by Gasteiger charge is -2.20. The molecule has 0 aliphatic heterocycles. The van der Waals surface area contributed by atoms with E-state index in [-0.39, 0.29) is 24.3 Å². The minimum Gasteiger partial charge on any atom is -0.460 e. The zero-order chi connectivity index (χ0) is 16.9. The van der Waals surface area contributed by atoms with Crippen LogP contribution >= 0.6 is 0 Å². The van der Waals surface area contributed by atoms with E-state index < -0.39 is 5.97 Å². The number of esters is 1. The number of rotatable bonds is 5. The highest BCUT2D eigenvalue weighted by molar-refractivity contribution is 5.88. The molecule has 1 aliphatic carbocycles. The molecule has 1 aromatic heterocycles. The monoisotopic (exact) mass is 327 g/mol. The fraction of sp³-hybridized carbons (Fsp3) is 0.444. The summed E-state index contributed by atoms with van der Waals surface area (Å²) in [6, 6.07) is 9.64. The Bertz CT molecular complexity index is 711. The molecule has 0 amide bonds. The zero-order valence-electron chi connectivity index (χ0n) is 13.7. The van der Waals surface area contributed by atoms with Crippen LogP contribution in [0.2, 0.25) is 0 Å². The molecule has 1 fully saturated rings. The summed E-state index contributed by atoms with van der Waals surface area (Å²) in [5.41, 5.74) is 1.33. The molecule has 1 saturated carbocycles. The van der Waals surface area contributed by atoms with Crippen LogP contribution in [0.1, 0.15) is 54.7 Å². The highest BCUT2D eigenvalue weighted by atomic mass is 16.5. The SMILES string of the molecule is C[C@H](c1ccccc1)n1nncc1C(=O)OCC1CCCCC1=O. The first-order valence-corrected chi connectivity index (χ1v) is 8.32. The van der Waals surface area contributed by atoms with E-state index in [1.807, 2.05) is 37.3 Å². The molecule has 24 heavy (non-hydrogen) atoms. The summed E-state index contributed by atoms with van der Waals surface area (Å²) in [6.45, 7) is 2.09. The van der Waals surface area contributed by atoms with Crippen molar-refractivity contribution >= 4 is 11.8 Å². The van der Waals surface area contributed by atoms with Gasteiger partial charge in [-0.3, -0.25) is 4.79 Å². The average molecular weight is 327 g/mol. The highest BCUT2D eigenvalue weighted by Gasteiger charge is 2.25. The lowest BCUT2D eigenvalue weighted by Crippen LogP contribution is -2.26. The molecular formula is C18H21N3O3. The van der Waals surface area contributed by atoms with Gasteiger partial charge < -0.3 is 4.74 Å². The number of ketones is 1. The van der Waals surface area contributed by atoms with E-state index in [4.69, 9.17) is 4.74 Å². The van der Waals surface area contributed by atoms with E-state index in [1.54, 1.807) is 4.68 Å². The van der Waals surface area contributed by atoms with Crippen molar-refractivity contribution in [3.63, 3.8) is 0 Å². The summed E-state index contributed by atoms with van der Waals surface area (Å²) in [6.07, 6.45) is 4.74. The molecule has 1 heterocycles. The van der Waals surface area contributed by atoms with Crippen molar-refractivity contribution in [2.45, 2.75) is 38.6 Å². The smallest absolute Gasteiger partial charge is 0.358 e. The fourth-order valence-electron chi connectivity index (χ4n) is 3.03. The second-order valence-corrected chi connectivity index (χ2v) is 6.16. The number of hydrogen-bond donors (Lipinski definition) is 0. The van der Waals surface area contributed by atoms with E-state index in [0.717, 1.165) is 24.8 Å². The number of Topliss-reactive ketones (excluding diaryl/α,β-unsaturated/α-hetero) is 1. The number of aromatic nitrogens is 3. The standard InChI is InChI=1S/C18H21N3O3/c1-13(14-7-3-2-4-8-14)21-16(11-19-20-21)18(23)24-12-15-9-5-6-10-17(15)22/h2-4,7-8,11,13,15H,5-6,9-10,12H2,1H3/t13-,15?/m1/s1. The second kappa shape index (κ2) is 7.38. The van der Waals surface area contributed by atoms with Gasteiger partial charge in [0.1, 0.15) is 12.4 Å². The quantitative estimate of drug-likeness (QED) is 0.790. The third-order valence-electron chi connectivity index (χ3n) is 4.53. The van der Waals surface area contributed by atoms with E-state index in [9.17, 15) is 9.59 Å². The molecule has 6 heteroatoms. The molecule has 0 N–H and O–H groups in total. The van der Waals surface area contributed by atoms with Crippen molar-refractivity contribution in [1.82, 2.24) is 15.0 Å². The Kier molecular flexibility index (Phi) is 5.03. The van der Waals surface area contributed by atoms with Crippen LogP contribution in [0.15, 0.2) is 36.5 Å². The minimum absolute atomic E-state index is 0.132. The lowest BCUT2D eigenvalue weighted by molar-refractivity contribution is -0.125. The summed E-state index contributed by atoms with van der Waals surface area (Å²) < 4.78 is 6.92. The average Bonchev–Trinajstić information content (AvgIpc) is 3.10. The molecule has 3 rings (SSSR count). The van der Waals surface area contributed by atoms with Gasteiger partial charge in [0.25, 0.3) is 0 Å². The molecule has 2 aromatic rings. The van der Waals surface area contributed by atoms with Gasteiger partial charge in [0, 0.05) is 6.42 Å². The van der Waals surface area contributed by atoms with Gasteiger partial charge in [0.15, 0.2) is 5.69 Å². The van der Waals surface area contributed by atoms with Crippen molar-refractivity contribution in [2.24, 2.45) is 5.92 Å². The lowest BCUT2D eigenvalue weighted by atomic mass is 9.89. The third-order valence-corrected chi connectivity index (χ3v) is 4.53. The van der Waals surface area contributed by atoms with Crippen LogP contribution < -0.4 is 0 Å². The van der Waals surface area contributed by atoms with Crippen molar-refractivity contribution < 1.29 is 14.3 Å². The maximum absolute atomic E-state index is 12.4. The maximum atomic E-state index is 12.4. The molecule has 6 nitrogen and oxygen atoms in total. The molecule has 0 radical (unpaired) electrons. The Morgan fingerprint density at radius 3 is 2.88 bits per heavy atom.